The summed E-state index contributed by atoms with van der Waals surface area (Å²) >= 11 is 0. The molecule has 0 radical (unpaired) electrons. The number of hydrogen-bond donors (Lipinski definition) is 3. The molecule has 1 aliphatic rings. The molecule has 0 aromatic heterocycles. The van der Waals surface area contributed by atoms with Gasteiger partial charge in [-0.25, -0.2) is 0 Å². The van der Waals surface area contributed by atoms with Crippen molar-refractivity contribution in [3.8, 4) is 0 Å². The first-order valence-electron chi connectivity index (χ1n) is 7.93. The summed E-state index contributed by atoms with van der Waals surface area (Å²) in [5, 5.41) is 5.49. The number of carbonyl (C=O) groups is 2. The second kappa shape index (κ2) is 7.40. The third kappa shape index (κ3) is 4.56. The molecule has 5 heteroatoms. The Balaban J connectivity index is 1.87. The monoisotopic (exact) mass is 304 g/mol. The highest BCUT2D eigenvalue weighted by molar-refractivity contribution is 5.95. The quantitative estimate of drug-likeness (QED) is 0.760. The van der Waals surface area contributed by atoms with Crippen LogP contribution in [-0.2, 0) is 4.79 Å². The fourth-order valence-corrected chi connectivity index (χ4v) is 3.35. The van der Waals surface area contributed by atoms with Crippen LogP contribution >= 0.6 is 0 Å². The van der Waals surface area contributed by atoms with Gasteiger partial charge in [0.1, 0.15) is 0 Å². The highest BCUT2D eigenvalue weighted by Crippen LogP contribution is 2.12. The van der Waals surface area contributed by atoms with Crippen LogP contribution < -0.4 is 15.5 Å². The molecule has 1 aromatic rings. The smallest absolute Gasteiger partial charge is 0.279 e. The molecule has 0 unspecified atom stereocenters. The first-order chi connectivity index (χ1) is 10.5. The molecule has 2 amide bonds. The summed E-state index contributed by atoms with van der Waals surface area (Å²) in [6.07, 6.45) is 1.26. The van der Waals surface area contributed by atoms with Gasteiger partial charge in [-0.1, -0.05) is 13.8 Å². The van der Waals surface area contributed by atoms with Crippen molar-refractivity contribution in [2.45, 2.75) is 20.3 Å². The molecule has 0 aliphatic carbocycles. The van der Waals surface area contributed by atoms with Gasteiger partial charge in [-0.2, -0.15) is 0 Å². The van der Waals surface area contributed by atoms with Crippen LogP contribution in [0.5, 0.6) is 0 Å². The molecule has 0 spiro atoms. The first kappa shape index (κ1) is 16.5. The maximum Gasteiger partial charge on any atom is 0.279 e. The van der Waals surface area contributed by atoms with E-state index in [0.717, 1.165) is 18.8 Å². The van der Waals surface area contributed by atoms with Gasteiger partial charge in [-0.05, 0) is 30.7 Å². The molecule has 120 valence electrons. The summed E-state index contributed by atoms with van der Waals surface area (Å²) in [4.78, 5) is 25.0. The molecule has 22 heavy (non-hydrogen) atoms. The van der Waals surface area contributed by atoms with Crippen molar-refractivity contribution in [2.75, 3.05) is 32.0 Å². The van der Waals surface area contributed by atoms with Gasteiger partial charge in [0.25, 0.3) is 11.8 Å². The second-order valence-electron chi connectivity index (χ2n) is 6.49. The van der Waals surface area contributed by atoms with Gasteiger partial charge in [0.05, 0.1) is 13.1 Å². The molecule has 0 saturated carbocycles. The van der Waals surface area contributed by atoms with Gasteiger partial charge in [0, 0.05) is 30.1 Å². The third-order valence-electron chi connectivity index (χ3n) is 4.15. The predicted molar refractivity (Wildman–Crippen MR) is 87.0 cm³/mol. The number of likely N-dealkylation sites (tertiary alicyclic amines) is 1. The van der Waals surface area contributed by atoms with Crippen molar-refractivity contribution in [1.29, 1.82) is 0 Å². The van der Waals surface area contributed by atoms with Crippen LogP contribution in [0.25, 0.3) is 0 Å². The Labute approximate surface area is 132 Å². The second-order valence-corrected chi connectivity index (χ2v) is 6.49. The van der Waals surface area contributed by atoms with E-state index in [1.165, 1.54) is 11.3 Å². The molecule has 2 rings (SSSR count). The molecule has 0 bridgehead atoms. The molecule has 1 fully saturated rings. The largest absolute Gasteiger partial charge is 0.355 e. The zero-order valence-electron chi connectivity index (χ0n) is 13.6. The molecule has 2 atom stereocenters. The summed E-state index contributed by atoms with van der Waals surface area (Å²) in [6.45, 7) is 7.14. The molecule has 1 heterocycles. The van der Waals surface area contributed by atoms with E-state index < -0.39 is 0 Å². The van der Waals surface area contributed by atoms with Crippen molar-refractivity contribution in [1.82, 2.24) is 5.32 Å². The number of anilines is 1. The number of hydrogen-bond acceptors (Lipinski definition) is 2. The molecule has 1 aromatic carbocycles. The summed E-state index contributed by atoms with van der Waals surface area (Å²) in [5.41, 5.74) is 1.32. The molecular weight excluding hydrogens is 278 g/mol. The summed E-state index contributed by atoms with van der Waals surface area (Å²) in [5.74, 6) is 1.26. The Kier molecular flexibility index (Phi) is 5.55. The fraction of sp³-hybridized carbons (Fsp3) is 0.529. The number of amides is 2. The normalized spacial score (nSPS) is 24.6. The van der Waals surface area contributed by atoms with Crippen LogP contribution in [0.4, 0.5) is 5.69 Å². The number of piperidine rings is 1. The standard InChI is InChI=1S/C17H25N3O2/c1-12-8-13(2)10-20(9-12)11-16(21)19-15-6-4-14(5-7-15)17(22)18-3/h4-7,12-13H,8-11H2,1-3H3,(H,18,22)(H,19,21)/p+1/t12-,13-/m0/s1. The lowest BCUT2D eigenvalue weighted by Gasteiger charge is -2.31. The topological polar surface area (TPSA) is 62.6 Å². The zero-order valence-corrected chi connectivity index (χ0v) is 13.6. The van der Waals surface area contributed by atoms with E-state index in [-0.39, 0.29) is 11.8 Å². The van der Waals surface area contributed by atoms with E-state index >= 15 is 0 Å². The van der Waals surface area contributed by atoms with Crippen molar-refractivity contribution in [3.63, 3.8) is 0 Å². The number of benzene rings is 1. The average molecular weight is 304 g/mol. The van der Waals surface area contributed by atoms with Crippen LogP contribution in [0.2, 0.25) is 0 Å². The number of carbonyl (C=O) groups excluding carboxylic acids is 2. The number of rotatable bonds is 4. The molecular formula is C17H26N3O2+. The maximum absolute atomic E-state index is 12.2. The van der Waals surface area contributed by atoms with Crippen molar-refractivity contribution in [3.05, 3.63) is 29.8 Å². The van der Waals surface area contributed by atoms with E-state index in [9.17, 15) is 9.59 Å². The average Bonchev–Trinajstić information content (AvgIpc) is 2.46. The Hall–Kier alpha value is -1.88. The highest BCUT2D eigenvalue weighted by Gasteiger charge is 2.26. The number of quaternary nitrogens is 1. The molecule has 3 N–H and O–H groups in total. The van der Waals surface area contributed by atoms with Crippen molar-refractivity contribution < 1.29 is 14.5 Å². The SMILES string of the molecule is CNC(=O)c1ccc(NC(=O)C[NH+]2C[C@@H](C)C[C@H](C)C2)cc1. The molecule has 1 aliphatic heterocycles. The third-order valence-corrected chi connectivity index (χ3v) is 4.15. The lowest BCUT2D eigenvalue weighted by atomic mass is 9.92. The Bertz CT molecular complexity index is 517. The minimum absolute atomic E-state index is 0.0315. The van der Waals surface area contributed by atoms with Gasteiger partial charge in [0.2, 0.25) is 0 Å². The van der Waals surface area contributed by atoms with Gasteiger partial charge in [-0.15, -0.1) is 0 Å². The van der Waals surface area contributed by atoms with Gasteiger partial charge in [-0.3, -0.25) is 9.59 Å². The summed E-state index contributed by atoms with van der Waals surface area (Å²) in [7, 11) is 1.60. The van der Waals surface area contributed by atoms with E-state index in [4.69, 9.17) is 0 Å². The van der Waals surface area contributed by atoms with Gasteiger partial charge >= 0.3 is 0 Å². The van der Waals surface area contributed by atoms with Crippen molar-refractivity contribution in [2.24, 2.45) is 11.8 Å². The summed E-state index contributed by atoms with van der Waals surface area (Å²) < 4.78 is 0. The minimum Gasteiger partial charge on any atom is -0.355 e. The van der Waals surface area contributed by atoms with Crippen LogP contribution in [0, 0.1) is 11.8 Å². The fourth-order valence-electron chi connectivity index (χ4n) is 3.35. The number of nitrogens with one attached hydrogen (secondary N) is 3. The minimum atomic E-state index is -0.126. The highest BCUT2D eigenvalue weighted by atomic mass is 16.2. The van der Waals surface area contributed by atoms with Crippen LogP contribution in [0.1, 0.15) is 30.6 Å². The summed E-state index contributed by atoms with van der Waals surface area (Å²) in [6, 6.07) is 6.96. The first-order valence-corrected chi connectivity index (χ1v) is 7.93. The van der Waals surface area contributed by atoms with E-state index in [0.29, 0.717) is 23.9 Å². The van der Waals surface area contributed by atoms with Crippen molar-refractivity contribution >= 4 is 17.5 Å². The molecule has 5 nitrogen and oxygen atoms in total. The van der Waals surface area contributed by atoms with Crippen LogP contribution in [-0.4, -0.2) is 38.5 Å². The van der Waals surface area contributed by atoms with Crippen LogP contribution in [0.3, 0.4) is 0 Å². The molecule has 1 saturated heterocycles. The lowest BCUT2D eigenvalue weighted by molar-refractivity contribution is -0.904. The Morgan fingerprint density at radius 3 is 2.27 bits per heavy atom. The van der Waals surface area contributed by atoms with E-state index in [2.05, 4.69) is 24.5 Å². The van der Waals surface area contributed by atoms with Gasteiger partial charge < -0.3 is 15.5 Å². The van der Waals surface area contributed by atoms with E-state index in [1.54, 1.807) is 31.3 Å². The van der Waals surface area contributed by atoms with E-state index in [1.807, 2.05) is 0 Å². The zero-order chi connectivity index (χ0) is 16.1. The van der Waals surface area contributed by atoms with Gasteiger partial charge in [0.15, 0.2) is 6.54 Å². The van der Waals surface area contributed by atoms with Crippen LogP contribution in [0.15, 0.2) is 24.3 Å². The maximum atomic E-state index is 12.2. The Morgan fingerprint density at radius 1 is 1.14 bits per heavy atom. The predicted octanol–water partition coefficient (Wildman–Crippen LogP) is 0.546. The lowest BCUT2D eigenvalue weighted by Crippen LogP contribution is -3.15. The Morgan fingerprint density at radius 2 is 1.73 bits per heavy atom.